The third-order valence-corrected chi connectivity index (χ3v) is 4.01. The minimum atomic E-state index is -0.324. The number of ether oxygens (including phenoxy) is 1. The molecule has 0 amide bonds. The second-order valence-electron chi connectivity index (χ2n) is 5.78. The van der Waals surface area contributed by atoms with Gasteiger partial charge in [0.05, 0.1) is 13.0 Å². The molecule has 2 N–H and O–H groups in total. The van der Waals surface area contributed by atoms with Crippen molar-refractivity contribution in [3.8, 4) is 0 Å². The molecule has 3 heteroatoms. The van der Waals surface area contributed by atoms with Crippen LogP contribution in [0, 0.1) is 11.8 Å². The maximum Gasteiger partial charge on any atom is 0.307 e. The zero-order valence-corrected chi connectivity index (χ0v) is 11.5. The summed E-state index contributed by atoms with van der Waals surface area (Å²) in [7, 11) is 0. The Morgan fingerprint density at radius 3 is 2.71 bits per heavy atom. The van der Waals surface area contributed by atoms with E-state index < -0.39 is 0 Å². The molecule has 17 heavy (non-hydrogen) atoms. The lowest BCUT2D eigenvalue weighted by Crippen LogP contribution is -2.41. The van der Waals surface area contributed by atoms with Crippen LogP contribution in [0.3, 0.4) is 0 Å². The zero-order chi connectivity index (χ0) is 12.9. The molecule has 3 nitrogen and oxygen atoms in total. The van der Waals surface area contributed by atoms with Gasteiger partial charge < -0.3 is 10.5 Å². The van der Waals surface area contributed by atoms with Crippen LogP contribution in [0.4, 0.5) is 0 Å². The lowest BCUT2D eigenvalue weighted by atomic mass is 9.85. The van der Waals surface area contributed by atoms with Gasteiger partial charge in [0.1, 0.15) is 0 Å². The molecular weight excluding hydrogens is 214 g/mol. The van der Waals surface area contributed by atoms with Gasteiger partial charge in [-0.25, -0.2) is 0 Å². The molecule has 0 aromatic carbocycles. The van der Waals surface area contributed by atoms with E-state index in [4.69, 9.17) is 10.5 Å². The molecule has 0 aliphatic heterocycles. The predicted molar refractivity (Wildman–Crippen MR) is 69.6 cm³/mol. The number of rotatable bonds is 4. The second-order valence-corrected chi connectivity index (χ2v) is 5.78. The third-order valence-electron chi connectivity index (χ3n) is 4.01. The summed E-state index contributed by atoms with van der Waals surface area (Å²) in [5.74, 6) is 1.35. The van der Waals surface area contributed by atoms with E-state index in [9.17, 15) is 4.79 Å². The van der Waals surface area contributed by atoms with Gasteiger partial charge >= 0.3 is 5.97 Å². The van der Waals surface area contributed by atoms with E-state index in [1.807, 2.05) is 6.92 Å². The van der Waals surface area contributed by atoms with Crippen molar-refractivity contribution in [2.75, 3.05) is 6.61 Å². The smallest absolute Gasteiger partial charge is 0.307 e. The molecule has 0 spiro atoms. The van der Waals surface area contributed by atoms with Gasteiger partial charge in [0.25, 0.3) is 0 Å². The van der Waals surface area contributed by atoms with Crippen molar-refractivity contribution < 1.29 is 9.53 Å². The van der Waals surface area contributed by atoms with Gasteiger partial charge in [-0.15, -0.1) is 0 Å². The van der Waals surface area contributed by atoms with E-state index in [0.717, 1.165) is 37.5 Å². The summed E-state index contributed by atoms with van der Waals surface area (Å²) in [6.45, 7) is 6.84. The number of esters is 1. The SMILES string of the molecule is CCOC(=O)CC1(N)CCCC(C(C)C)CC1. The zero-order valence-electron chi connectivity index (χ0n) is 11.5. The molecule has 0 heterocycles. The van der Waals surface area contributed by atoms with E-state index in [0.29, 0.717) is 13.0 Å². The Kier molecular flexibility index (Phi) is 5.44. The summed E-state index contributed by atoms with van der Waals surface area (Å²) in [6, 6.07) is 0. The van der Waals surface area contributed by atoms with Crippen molar-refractivity contribution in [1.29, 1.82) is 0 Å². The van der Waals surface area contributed by atoms with Gasteiger partial charge in [-0.3, -0.25) is 4.79 Å². The Bertz CT molecular complexity index is 253. The summed E-state index contributed by atoms with van der Waals surface area (Å²) in [5, 5.41) is 0. The van der Waals surface area contributed by atoms with Gasteiger partial charge in [-0.05, 0) is 38.0 Å². The summed E-state index contributed by atoms with van der Waals surface area (Å²) in [5.41, 5.74) is 6.03. The first kappa shape index (κ1) is 14.5. The van der Waals surface area contributed by atoms with Gasteiger partial charge in [0, 0.05) is 5.54 Å². The maximum absolute atomic E-state index is 11.5. The summed E-state index contributed by atoms with van der Waals surface area (Å²) in [4.78, 5) is 11.5. The van der Waals surface area contributed by atoms with Crippen LogP contribution in [0.15, 0.2) is 0 Å². The molecule has 2 atom stereocenters. The van der Waals surface area contributed by atoms with Gasteiger partial charge in [-0.1, -0.05) is 26.7 Å². The van der Waals surface area contributed by atoms with E-state index in [1.165, 1.54) is 6.42 Å². The van der Waals surface area contributed by atoms with Crippen LogP contribution in [0.5, 0.6) is 0 Å². The normalized spacial score (nSPS) is 30.1. The Morgan fingerprint density at radius 2 is 2.12 bits per heavy atom. The van der Waals surface area contributed by atoms with Crippen LogP contribution < -0.4 is 5.73 Å². The number of nitrogens with two attached hydrogens (primary N) is 1. The summed E-state index contributed by atoms with van der Waals surface area (Å²) in [6.07, 6.45) is 5.82. The molecule has 0 saturated heterocycles. The Balaban J connectivity index is 2.50. The molecule has 1 aliphatic rings. The Hall–Kier alpha value is -0.570. The first-order chi connectivity index (χ1) is 7.97. The number of carbonyl (C=O) groups is 1. The highest BCUT2D eigenvalue weighted by atomic mass is 16.5. The molecule has 0 radical (unpaired) electrons. The number of hydrogen-bond acceptors (Lipinski definition) is 3. The molecule has 0 bridgehead atoms. The first-order valence-electron chi connectivity index (χ1n) is 6.91. The fraction of sp³-hybridized carbons (Fsp3) is 0.929. The Labute approximate surface area is 105 Å². The van der Waals surface area contributed by atoms with Crippen molar-refractivity contribution >= 4 is 5.97 Å². The highest BCUT2D eigenvalue weighted by molar-refractivity contribution is 5.70. The van der Waals surface area contributed by atoms with E-state index in [1.54, 1.807) is 0 Å². The van der Waals surface area contributed by atoms with E-state index >= 15 is 0 Å². The highest BCUT2D eigenvalue weighted by Gasteiger charge is 2.32. The number of hydrogen-bond donors (Lipinski definition) is 1. The molecular formula is C14H27NO2. The molecule has 1 aliphatic carbocycles. The van der Waals surface area contributed by atoms with Crippen LogP contribution in [-0.4, -0.2) is 18.1 Å². The second kappa shape index (κ2) is 6.39. The lowest BCUT2D eigenvalue weighted by molar-refractivity contribution is -0.144. The first-order valence-corrected chi connectivity index (χ1v) is 6.91. The van der Waals surface area contributed by atoms with E-state index in [2.05, 4.69) is 13.8 Å². The maximum atomic E-state index is 11.5. The average molecular weight is 241 g/mol. The van der Waals surface area contributed by atoms with Gasteiger partial charge in [0.15, 0.2) is 0 Å². The van der Waals surface area contributed by atoms with Gasteiger partial charge in [-0.2, -0.15) is 0 Å². The summed E-state index contributed by atoms with van der Waals surface area (Å²) < 4.78 is 5.01. The minimum absolute atomic E-state index is 0.141. The van der Waals surface area contributed by atoms with E-state index in [-0.39, 0.29) is 11.5 Å². The monoisotopic (exact) mass is 241 g/mol. The van der Waals surface area contributed by atoms with Crippen molar-refractivity contribution in [3.05, 3.63) is 0 Å². The Morgan fingerprint density at radius 1 is 1.41 bits per heavy atom. The molecule has 1 fully saturated rings. The largest absolute Gasteiger partial charge is 0.466 e. The van der Waals surface area contributed by atoms with Crippen LogP contribution in [0.1, 0.15) is 59.3 Å². The molecule has 100 valence electrons. The van der Waals surface area contributed by atoms with Gasteiger partial charge in [0.2, 0.25) is 0 Å². The topological polar surface area (TPSA) is 52.3 Å². The fourth-order valence-corrected chi connectivity index (χ4v) is 2.80. The quantitative estimate of drug-likeness (QED) is 0.608. The number of carbonyl (C=O) groups excluding carboxylic acids is 1. The molecule has 1 rings (SSSR count). The third kappa shape index (κ3) is 4.66. The van der Waals surface area contributed by atoms with Crippen LogP contribution >= 0.6 is 0 Å². The fourth-order valence-electron chi connectivity index (χ4n) is 2.80. The minimum Gasteiger partial charge on any atom is -0.466 e. The molecule has 2 unspecified atom stereocenters. The highest BCUT2D eigenvalue weighted by Crippen LogP contribution is 2.34. The predicted octanol–water partition coefficient (Wildman–Crippen LogP) is 2.87. The average Bonchev–Trinajstić information content (AvgIpc) is 2.40. The molecule has 1 saturated carbocycles. The van der Waals surface area contributed by atoms with Crippen molar-refractivity contribution in [2.24, 2.45) is 17.6 Å². The summed E-state index contributed by atoms with van der Waals surface area (Å²) >= 11 is 0. The molecule has 0 aromatic rings. The lowest BCUT2D eigenvalue weighted by Gasteiger charge is -2.27. The van der Waals surface area contributed by atoms with Crippen LogP contribution in [0.25, 0.3) is 0 Å². The van der Waals surface area contributed by atoms with Crippen molar-refractivity contribution in [3.63, 3.8) is 0 Å². The van der Waals surface area contributed by atoms with Crippen molar-refractivity contribution in [2.45, 2.75) is 64.8 Å². The molecule has 0 aromatic heterocycles. The van der Waals surface area contributed by atoms with Crippen LogP contribution in [-0.2, 0) is 9.53 Å². The van der Waals surface area contributed by atoms with Crippen molar-refractivity contribution in [1.82, 2.24) is 0 Å². The standard InChI is InChI=1S/C14H27NO2/c1-4-17-13(16)10-14(15)8-5-6-12(7-9-14)11(2)3/h11-12H,4-10,15H2,1-3H3. The van der Waals surface area contributed by atoms with Crippen LogP contribution in [0.2, 0.25) is 0 Å².